The van der Waals surface area contributed by atoms with E-state index < -0.39 is 24.6 Å². The van der Waals surface area contributed by atoms with Crippen molar-refractivity contribution in [1.82, 2.24) is 15.5 Å². The highest BCUT2D eigenvalue weighted by Gasteiger charge is 2.22. The van der Waals surface area contributed by atoms with Crippen LogP contribution in [0.25, 0.3) is 0 Å². The number of amides is 2. The summed E-state index contributed by atoms with van der Waals surface area (Å²) in [5, 5.41) is 22.2. The second kappa shape index (κ2) is 7.17. The number of nitrogens with zero attached hydrogens (tertiary/aromatic N) is 1. The van der Waals surface area contributed by atoms with E-state index in [2.05, 4.69) is 10.6 Å². The van der Waals surface area contributed by atoms with E-state index in [9.17, 15) is 9.59 Å². The first-order valence-corrected chi connectivity index (χ1v) is 5.70. The molecule has 0 bridgehead atoms. The minimum atomic E-state index is -1.28. The van der Waals surface area contributed by atoms with Crippen molar-refractivity contribution in [3.8, 4) is 0 Å². The van der Waals surface area contributed by atoms with Crippen LogP contribution in [0.15, 0.2) is 0 Å². The van der Waals surface area contributed by atoms with Gasteiger partial charge in [0.1, 0.15) is 0 Å². The molecule has 0 heterocycles. The van der Waals surface area contributed by atoms with E-state index >= 15 is 0 Å². The molecule has 0 aliphatic carbocycles. The molecule has 0 radical (unpaired) electrons. The van der Waals surface area contributed by atoms with Crippen molar-refractivity contribution in [2.45, 2.75) is 19.9 Å². The van der Waals surface area contributed by atoms with Crippen LogP contribution in [0.2, 0.25) is 0 Å². The third-order valence-electron chi connectivity index (χ3n) is 2.26. The Morgan fingerprint density at radius 3 is 2.28 bits per heavy atom. The fourth-order valence-electron chi connectivity index (χ4n) is 1.63. The Kier molecular flexibility index (Phi) is 6.64. The predicted molar refractivity (Wildman–Crippen MR) is 67.4 cm³/mol. The van der Waals surface area contributed by atoms with Gasteiger partial charge in [-0.25, -0.2) is 9.59 Å². The molecule has 106 valence electrons. The Morgan fingerprint density at radius 1 is 1.33 bits per heavy atom. The van der Waals surface area contributed by atoms with Gasteiger partial charge in [0, 0.05) is 13.1 Å². The number of urea groups is 1. The Balaban J connectivity index is 4.14. The van der Waals surface area contributed by atoms with Crippen LogP contribution in [-0.4, -0.2) is 66.9 Å². The zero-order valence-corrected chi connectivity index (χ0v) is 11.4. The highest BCUT2D eigenvalue weighted by atomic mass is 16.4. The molecule has 4 N–H and O–H groups in total. The second-order valence-corrected chi connectivity index (χ2v) is 5.30. The summed E-state index contributed by atoms with van der Waals surface area (Å²) in [7, 11) is 3.88. The van der Waals surface area contributed by atoms with Crippen molar-refractivity contribution in [1.29, 1.82) is 0 Å². The van der Waals surface area contributed by atoms with Gasteiger partial charge >= 0.3 is 12.0 Å². The number of aliphatic carboxylic acids is 1. The van der Waals surface area contributed by atoms with Gasteiger partial charge in [0.05, 0.1) is 6.61 Å². The van der Waals surface area contributed by atoms with Gasteiger partial charge in [-0.2, -0.15) is 0 Å². The van der Waals surface area contributed by atoms with Gasteiger partial charge in [0.25, 0.3) is 0 Å². The Morgan fingerprint density at radius 2 is 1.89 bits per heavy atom. The van der Waals surface area contributed by atoms with Crippen LogP contribution in [0.5, 0.6) is 0 Å². The molecule has 0 aliphatic rings. The van der Waals surface area contributed by atoms with E-state index in [-0.39, 0.29) is 5.41 Å². The third-order valence-corrected chi connectivity index (χ3v) is 2.26. The molecule has 18 heavy (non-hydrogen) atoms. The zero-order valence-electron chi connectivity index (χ0n) is 11.4. The maximum Gasteiger partial charge on any atom is 0.328 e. The summed E-state index contributed by atoms with van der Waals surface area (Å²) in [5.74, 6) is -1.26. The van der Waals surface area contributed by atoms with Crippen LogP contribution in [0.4, 0.5) is 4.79 Å². The number of nitrogens with one attached hydrogen (secondary N) is 2. The molecule has 0 spiro atoms. The van der Waals surface area contributed by atoms with Gasteiger partial charge in [-0.1, -0.05) is 13.8 Å². The van der Waals surface area contributed by atoms with E-state index in [1.54, 1.807) is 0 Å². The molecule has 1 atom stereocenters. The first-order valence-electron chi connectivity index (χ1n) is 5.70. The van der Waals surface area contributed by atoms with Crippen LogP contribution < -0.4 is 10.6 Å². The lowest BCUT2D eigenvalue weighted by Gasteiger charge is -2.28. The lowest BCUT2D eigenvalue weighted by atomic mass is 9.93. The van der Waals surface area contributed by atoms with Gasteiger partial charge in [0.15, 0.2) is 6.04 Å². The highest BCUT2D eigenvalue weighted by Crippen LogP contribution is 2.13. The molecule has 0 aromatic carbocycles. The lowest BCUT2D eigenvalue weighted by molar-refractivity contribution is -0.140. The van der Waals surface area contributed by atoms with Gasteiger partial charge in [-0.05, 0) is 19.5 Å². The van der Waals surface area contributed by atoms with Gasteiger partial charge in [0.2, 0.25) is 0 Å². The first-order chi connectivity index (χ1) is 8.18. The molecule has 0 aromatic heterocycles. The summed E-state index contributed by atoms with van der Waals surface area (Å²) in [5.41, 5.74) is -0.126. The molecule has 0 saturated heterocycles. The molecular formula is C11H23N3O4. The summed E-state index contributed by atoms with van der Waals surface area (Å²) in [6.07, 6.45) is 0. The second-order valence-electron chi connectivity index (χ2n) is 5.30. The SMILES string of the molecule is CN(C)CC(C)(C)CNC(=O)N[C@H](CO)C(=O)O. The monoisotopic (exact) mass is 261 g/mol. The van der Waals surface area contributed by atoms with Crippen LogP contribution in [-0.2, 0) is 4.79 Å². The number of carbonyl (C=O) groups is 2. The minimum absolute atomic E-state index is 0.126. The Labute approximate surface area is 107 Å². The summed E-state index contributed by atoms with van der Waals surface area (Å²) >= 11 is 0. The van der Waals surface area contributed by atoms with Crippen molar-refractivity contribution in [2.24, 2.45) is 5.41 Å². The normalized spacial score (nSPS) is 13.2. The fraction of sp³-hybridized carbons (Fsp3) is 0.818. The number of carboxylic acids is 1. The summed E-state index contributed by atoms with van der Waals surface area (Å²) in [6.45, 7) is 4.55. The minimum Gasteiger partial charge on any atom is -0.480 e. The molecule has 2 amide bonds. The Hall–Kier alpha value is -1.34. The average Bonchev–Trinajstić information content (AvgIpc) is 2.21. The number of carbonyl (C=O) groups excluding carboxylic acids is 1. The van der Waals surface area contributed by atoms with Crippen molar-refractivity contribution >= 4 is 12.0 Å². The predicted octanol–water partition coefficient (Wildman–Crippen LogP) is -0.681. The number of aliphatic hydroxyl groups is 1. The smallest absolute Gasteiger partial charge is 0.328 e. The van der Waals surface area contributed by atoms with Crippen LogP contribution in [0.1, 0.15) is 13.8 Å². The zero-order chi connectivity index (χ0) is 14.3. The van der Waals surface area contributed by atoms with Gasteiger partial charge in [-0.3, -0.25) is 0 Å². The van der Waals surface area contributed by atoms with Crippen LogP contribution in [0, 0.1) is 5.41 Å². The summed E-state index contributed by atoms with van der Waals surface area (Å²) in [4.78, 5) is 24.0. The number of hydrogen-bond acceptors (Lipinski definition) is 4. The molecule has 0 rings (SSSR count). The van der Waals surface area contributed by atoms with Gasteiger partial charge in [-0.15, -0.1) is 0 Å². The molecule has 0 saturated carbocycles. The van der Waals surface area contributed by atoms with Crippen molar-refractivity contribution in [2.75, 3.05) is 33.8 Å². The van der Waals surface area contributed by atoms with E-state index in [1.165, 1.54) is 0 Å². The summed E-state index contributed by atoms with van der Waals surface area (Å²) in [6, 6.07) is -1.87. The van der Waals surface area contributed by atoms with Crippen molar-refractivity contribution < 1.29 is 19.8 Å². The molecular weight excluding hydrogens is 238 g/mol. The molecule has 0 fully saturated rings. The maximum absolute atomic E-state index is 11.4. The van der Waals surface area contributed by atoms with E-state index in [0.717, 1.165) is 6.54 Å². The molecule has 0 unspecified atom stereocenters. The van der Waals surface area contributed by atoms with E-state index in [1.807, 2.05) is 32.8 Å². The van der Waals surface area contributed by atoms with Crippen molar-refractivity contribution in [3.63, 3.8) is 0 Å². The molecule has 0 aliphatic heterocycles. The topological polar surface area (TPSA) is 102 Å². The largest absolute Gasteiger partial charge is 0.480 e. The van der Waals surface area contributed by atoms with Crippen molar-refractivity contribution in [3.05, 3.63) is 0 Å². The van der Waals surface area contributed by atoms with Crippen LogP contribution in [0.3, 0.4) is 0 Å². The average molecular weight is 261 g/mol. The lowest BCUT2D eigenvalue weighted by Crippen LogP contribution is -2.50. The van der Waals surface area contributed by atoms with Gasteiger partial charge < -0.3 is 25.7 Å². The highest BCUT2D eigenvalue weighted by molar-refractivity contribution is 5.82. The quantitative estimate of drug-likeness (QED) is 0.486. The summed E-state index contributed by atoms with van der Waals surface area (Å²) < 4.78 is 0. The molecule has 0 aromatic rings. The maximum atomic E-state index is 11.4. The third kappa shape index (κ3) is 7.08. The standard InChI is InChI=1S/C11H23N3O4/c1-11(2,7-14(3)4)6-12-10(18)13-8(5-15)9(16)17/h8,15H,5-7H2,1-4H3,(H,16,17)(H2,12,13,18)/t8-/m1/s1. The number of aliphatic hydroxyl groups excluding tert-OH is 1. The van der Waals surface area contributed by atoms with E-state index in [0.29, 0.717) is 6.54 Å². The first kappa shape index (κ1) is 16.7. The van der Waals surface area contributed by atoms with E-state index in [4.69, 9.17) is 10.2 Å². The number of hydrogen-bond donors (Lipinski definition) is 4. The Bertz CT molecular complexity index is 292. The number of rotatable bonds is 7. The number of carboxylic acid groups (broad SMARTS) is 1. The fourth-order valence-corrected chi connectivity index (χ4v) is 1.63. The van der Waals surface area contributed by atoms with Crippen LogP contribution >= 0.6 is 0 Å². The molecule has 7 heteroatoms. The molecule has 7 nitrogen and oxygen atoms in total.